The van der Waals surface area contributed by atoms with Crippen molar-refractivity contribution in [3.8, 4) is 0 Å². The molecule has 1 aliphatic carbocycles. The number of allylic oxidation sites excluding steroid dienone is 2. The van der Waals surface area contributed by atoms with E-state index in [1.54, 1.807) is 12.1 Å². The molecule has 1 aromatic rings. The smallest absolute Gasteiger partial charge is 0.267 e. The highest BCUT2D eigenvalue weighted by Crippen LogP contribution is 2.16. The fourth-order valence-corrected chi connectivity index (χ4v) is 2.09. The van der Waals surface area contributed by atoms with E-state index in [0.717, 1.165) is 18.4 Å². The molecule has 2 N–H and O–H groups in total. The fraction of sp³-hybridized carbons (Fsp3) is 0.250. The summed E-state index contributed by atoms with van der Waals surface area (Å²) in [6.07, 6.45) is 5.56. The molecule has 20 heavy (non-hydrogen) atoms. The van der Waals surface area contributed by atoms with Crippen molar-refractivity contribution in [2.75, 3.05) is 0 Å². The number of nitrogens with one attached hydrogen (secondary N) is 2. The maximum atomic E-state index is 12.0. The van der Waals surface area contributed by atoms with Gasteiger partial charge in [0, 0.05) is 11.1 Å². The average molecular weight is 270 g/mol. The molecule has 0 heterocycles. The lowest BCUT2D eigenvalue weighted by Gasteiger charge is -2.12. The number of amides is 2. The zero-order valence-corrected chi connectivity index (χ0v) is 11.7. The molecule has 0 saturated heterocycles. The minimum atomic E-state index is -0.312. The highest BCUT2D eigenvalue weighted by molar-refractivity contribution is 6.00. The number of aryl methyl sites for hydroxylation is 1. The minimum Gasteiger partial charge on any atom is -0.267 e. The van der Waals surface area contributed by atoms with Crippen LogP contribution in [0.5, 0.6) is 0 Å². The zero-order chi connectivity index (χ0) is 14.5. The van der Waals surface area contributed by atoms with Crippen LogP contribution < -0.4 is 10.9 Å². The van der Waals surface area contributed by atoms with Gasteiger partial charge in [-0.3, -0.25) is 20.4 Å². The van der Waals surface area contributed by atoms with E-state index in [1.165, 1.54) is 5.57 Å². The van der Waals surface area contributed by atoms with Crippen LogP contribution in [0.25, 0.3) is 0 Å². The highest BCUT2D eigenvalue weighted by Gasteiger charge is 2.13. The average Bonchev–Trinajstić information content (AvgIpc) is 2.45. The van der Waals surface area contributed by atoms with Crippen molar-refractivity contribution < 1.29 is 9.59 Å². The highest BCUT2D eigenvalue weighted by atomic mass is 16.2. The van der Waals surface area contributed by atoms with Crippen LogP contribution in [0.1, 0.15) is 35.7 Å². The number of hydrogen-bond acceptors (Lipinski definition) is 2. The van der Waals surface area contributed by atoms with Gasteiger partial charge in [-0.2, -0.15) is 0 Å². The molecule has 0 aliphatic heterocycles. The quantitative estimate of drug-likeness (QED) is 0.811. The van der Waals surface area contributed by atoms with Gasteiger partial charge in [0.2, 0.25) is 0 Å². The second-order valence-electron chi connectivity index (χ2n) is 4.91. The molecule has 4 nitrogen and oxygen atoms in total. The van der Waals surface area contributed by atoms with E-state index in [-0.39, 0.29) is 11.8 Å². The second kappa shape index (κ2) is 6.19. The number of rotatable bonds is 2. The third-order valence-corrected chi connectivity index (χ3v) is 3.25. The van der Waals surface area contributed by atoms with Crippen LogP contribution in [-0.4, -0.2) is 11.8 Å². The maximum Gasteiger partial charge on any atom is 0.269 e. The van der Waals surface area contributed by atoms with E-state index >= 15 is 0 Å². The third-order valence-electron chi connectivity index (χ3n) is 3.25. The van der Waals surface area contributed by atoms with Crippen LogP contribution in [0, 0.1) is 6.92 Å². The molecule has 0 spiro atoms. The number of hydrogen-bond donors (Lipinski definition) is 2. The molecule has 104 valence electrons. The predicted molar refractivity (Wildman–Crippen MR) is 77.9 cm³/mol. The Morgan fingerprint density at radius 1 is 1.05 bits per heavy atom. The Kier molecular flexibility index (Phi) is 4.35. The molecule has 0 radical (unpaired) electrons. The third kappa shape index (κ3) is 3.35. The van der Waals surface area contributed by atoms with E-state index in [1.807, 2.05) is 38.1 Å². The summed E-state index contributed by atoms with van der Waals surface area (Å²) in [6.45, 7) is 3.85. The molecule has 0 aromatic heterocycles. The van der Waals surface area contributed by atoms with Gasteiger partial charge in [0.25, 0.3) is 11.8 Å². The Balaban J connectivity index is 1.96. The van der Waals surface area contributed by atoms with Crippen molar-refractivity contribution >= 4 is 11.8 Å². The first-order valence-electron chi connectivity index (χ1n) is 6.61. The van der Waals surface area contributed by atoms with Gasteiger partial charge < -0.3 is 0 Å². The Morgan fingerprint density at radius 2 is 1.75 bits per heavy atom. The van der Waals surface area contributed by atoms with Gasteiger partial charge in [0.1, 0.15) is 0 Å². The summed E-state index contributed by atoms with van der Waals surface area (Å²) in [5.41, 5.74) is 8.08. The SMILES string of the molecule is CC1=CC(C(=O)NNC(=O)c2ccccc2C)=CCC1. The molecule has 1 aliphatic rings. The van der Waals surface area contributed by atoms with Crippen molar-refractivity contribution in [1.82, 2.24) is 10.9 Å². The first kappa shape index (κ1) is 14.1. The number of carbonyl (C=O) groups excluding carboxylic acids is 2. The van der Waals surface area contributed by atoms with Crippen LogP contribution in [0.15, 0.2) is 47.6 Å². The van der Waals surface area contributed by atoms with Crippen LogP contribution >= 0.6 is 0 Å². The number of carbonyl (C=O) groups is 2. The number of benzene rings is 1. The van der Waals surface area contributed by atoms with Gasteiger partial charge in [-0.1, -0.05) is 35.9 Å². The van der Waals surface area contributed by atoms with Gasteiger partial charge in [0.15, 0.2) is 0 Å². The van der Waals surface area contributed by atoms with Gasteiger partial charge in [-0.25, -0.2) is 0 Å². The molecular formula is C16H18N2O2. The molecule has 0 saturated carbocycles. The van der Waals surface area contributed by atoms with Crippen LogP contribution in [-0.2, 0) is 4.79 Å². The zero-order valence-electron chi connectivity index (χ0n) is 11.7. The summed E-state index contributed by atoms with van der Waals surface area (Å²) in [5, 5.41) is 0. The monoisotopic (exact) mass is 270 g/mol. The lowest BCUT2D eigenvalue weighted by Crippen LogP contribution is -2.42. The van der Waals surface area contributed by atoms with Gasteiger partial charge >= 0.3 is 0 Å². The van der Waals surface area contributed by atoms with Crippen molar-refractivity contribution in [2.24, 2.45) is 0 Å². The summed E-state index contributed by atoms with van der Waals surface area (Å²) in [6, 6.07) is 7.23. The Morgan fingerprint density at radius 3 is 2.45 bits per heavy atom. The van der Waals surface area contributed by atoms with E-state index in [9.17, 15) is 9.59 Å². The number of hydrazine groups is 1. The van der Waals surface area contributed by atoms with E-state index in [2.05, 4.69) is 10.9 Å². The molecule has 0 fully saturated rings. The summed E-state index contributed by atoms with van der Waals surface area (Å²) in [4.78, 5) is 23.9. The first-order valence-corrected chi connectivity index (χ1v) is 6.61. The largest absolute Gasteiger partial charge is 0.269 e. The maximum absolute atomic E-state index is 12.0. The predicted octanol–water partition coefficient (Wildman–Crippen LogP) is 2.42. The summed E-state index contributed by atoms with van der Waals surface area (Å²) >= 11 is 0. The summed E-state index contributed by atoms with van der Waals surface area (Å²) in [7, 11) is 0. The molecule has 2 rings (SSSR count). The van der Waals surface area contributed by atoms with E-state index in [4.69, 9.17) is 0 Å². The van der Waals surface area contributed by atoms with E-state index in [0.29, 0.717) is 11.1 Å². The van der Waals surface area contributed by atoms with Crippen molar-refractivity contribution in [1.29, 1.82) is 0 Å². The molecule has 0 atom stereocenters. The molecule has 1 aromatic carbocycles. The molecule has 4 heteroatoms. The van der Waals surface area contributed by atoms with Crippen LogP contribution in [0.3, 0.4) is 0 Å². The Labute approximate surface area is 118 Å². The summed E-state index contributed by atoms with van der Waals surface area (Å²) in [5.74, 6) is -0.598. The minimum absolute atomic E-state index is 0.286. The second-order valence-corrected chi connectivity index (χ2v) is 4.91. The lowest BCUT2D eigenvalue weighted by molar-refractivity contribution is -0.117. The molecule has 0 unspecified atom stereocenters. The molecular weight excluding hydrogens is 252 g/mol. The van der Waals surface area contributed by atoms with Crippen molar-refractivity contribution in [2.45, 2.75) is 26.7 Å². The summed E-state index contributed by atoms with van der Waals surface area (Å²) < 4.78 is 0. The van der Waals surface area contributed by atoms with E-state index < -0.39 is 0 Å². The lowest BCUT2D eigenvalue weighted by atomic mass is 10.0. The standard InChI is InChI=1S/C16H18N2O2/c1-11-6-5-8-13(10-11)15(19)17-18-16(20)14-9-4-3-7-12(14)2/h3-4,7-10H,5-6H2,1-2H3,(H,17,19)(H,18,20). The van der Waals surface area contributed by atoms with Crippen molar-refractivity contribution in [3.63, 3.8) is 0 Å². The van der Waals surface area contributed by atoms with Crippen LogP contribution in [0.2, 0.25) is 0 Å². The Bertz CT molecular complexity index is 600. The molecule has 0 bridgehead atoms. The van der Waals surface area contributed by atoms with Gasteiger partial charge in [-0.15, -0.1) is 0 Å². The van der Waals surface area contributed by atoms with Crippen molar-refractivity contribution in [3.05, 3.63) is 58.7 Å². The normalized spacial score (nSPS) is 14.1. The first-order chi connectivity index (χ1) is 9.58. The Hall–Kier alpha value is -2.36. The molecule has 2 amide bonds. The van der Waals surface area contributed by atoms with Crippen LogP contribution in [0.4, 0.5) is 0 Å². The fourth-order valence-electron chi connectivity index (χ4n) is 2.09. The van der Waals surface area contributed by atoms with Gasteiger partial charge in [-0.05, 0) is 38.3 Å². The van der Waals surface area contributed by atoms with Gasteiger partial charge in [0.05, 0.1) is 0 Å². The topological polar surface area (TPSA) is 58.2 Å².